The summed E-state index contributed by atoms with van der Waals surface area (Å²) in [5.74, 6) is -1.12. The number of hydrogen-bond acceptors (Lipinski definition) is 3. The van der Waals surface area contributed by atoms with E-state index in [0.29, 0.717) is 18.5 Å². The van der Waals surface area contributed by atoms with Crippen LogP contribution in [0.1, 0.15) is 33.6 Å². The highest BCUT2D eigenvalue weighted by Gasteiger charge is 2.38. The fourth-order valence-corrected chi connectivity index (χ4v) is 2.51. The molecule has 0 aliphatic heterocycles. The largest absolute Gasteiger partial charge is 0.506 e. The summed E-state index contributed by atoms with van der Waals surface area (Å²) in [7, 11) is 0. The van der Waals surface area contributed by atoms with Gasteiger partial charge in [0.1, 0.15) is 11.7 Å². The third-order valence-electron chi connectivity index (χ3n) is 3.95. The number of carbonyl (C=O) groups excluding carboxylic acids is 2. The molecule has 0 bridgehead atoms. The molecule has 4 heteroatoms. The van der Waals surface area contributed by atoms with Crippen molar-refractivity contribution in [2.45, 2.75) is 33.6 Å². The Labute approximate surface area is 124 Å². The molecule has 1 amide bonds. The summed E-state index contributed by atoms with van der Waals surface area (Å²) in [4.78, 5) is 25.0. The molecular weight excluding hydrogens is 266 g/mol. The van der Waals surface area contributed by atoms with Gasteiger partial charge in [-0.1, -0.05) is 37.6 Å². The van der Waals surface area contributed by atoms with Gasteiger partial charge >= 0.3 is 0 Å². The van der Waals surface area contributed by atoms with Crippen LogP contribution in [0.2, 0.25) is 0 Å². The molecule has 1 aliphatic rings. The molecule has 21 heavy (non-hydrogen) atoms. The second-order valence-corrected chi connectivity index (χ2v) is 6.27. The molecule has 0 saturated heterocycles. The Morgan fingerprint density at radius 2 is 2.00 bits per heavy atom. The minimum absolute atomic E-state index is 0.00144. The number of phenolic OH excluding ortho intramolecular Hbond substituents is 1. The number of nitrogens with one attached hydrogen (secondary N) is 1. The molecule has 1 aromatic rings. The maximum Gasteiger partial charge on any atom is 0.235 e. The first-order valence-corrected chi connectivity index (χ1v) is 7.10. The molecule has 112 valence electrons. The number of anilines is 1. The van der Waals surface area contributed by atoms with E-state index < -0.39 is 11.3 Å². The minimum Gasteiger partial charge on any atom is -0.506 e. The van der Waals surface area contributed by atoms with Gasteiger partial charge in [0.25, 0.3) is 0 Å². The third kappa shape index (κ3) is 3.32. The predicted octanol–water partition coefficient (Wildman–Crippen LogP) is 3.28. The van der Waals surface area contributed by atoms with Gasteiger partial charge in [-0.05, 0) is 31.9 Å². The van der Waals surface area contributed by atoms with Crippen molar-refractivity contribution in [3.05, 3.63) is 35.9 Å². The first-order valence-electron chi connectivity index (χ1n) is 7.10. The lowest BCUT2D eigenvalue weighted by molar-refractivity contribution is -0.136. The van der Waals surface area contributed by atoms with Crippen LogP contribution in [0.4, 0.5) is 5.69 Å². The number of phenols is 1. The van der Waals surface area contributed by atoms with Crippen LogP contribution in [0.15, 0.2) is 35.9 Å². The van der Waals surface area contributed by atoms with Gasteiger partial charge in [-0.2, -0.15) is 0 Å². The number of aromatic hydroxyl groups is 1. The predicted molar refractivity (Wildman–Crippen MR) is 82.0 cm³/mol. The monoisotopic (exact) mass is 287 g/mol. The van der Waals surface area contributed by atoms with Crippen LogP contribution in [0.3, 0.4) is 0 Å². The number of para-hydroxylation sites is 2. The lowest BCUT2D eigenvalue weighted by atomic mass is 9.79. The number of rotatable bonds is 2. The number of carbonyl (C=O) groups is 2. The SMILES string of the molecule is CC1=CCC(C)(C)C(=O)[C@H](C(=O)Nc2ccccc2O)C1. The number of hydrogen-bond donors (Lipinski definition) is 2. The van der Waals surface area contributed by atoms with Gasteiger partial charge in [-0.3, -0.25) is 9.59 Å². The van der Waals surface area contributed by atoms with Gasteiger partial charge in [0, 0.05) is 5.41 Å². The number of allylic oxidation sites excluding steroid dienone is 2. The fourth-order valence-electron chi connectivity index (χ4n) is 2.51. The summed E-state index contributed by atoms with van der Waals surface area (Å²) in [5, 5.41) is 12.4. The highest BCUT2D eigenvalue weighted by Crippen LogP contribution is 2.34. The summed E-state index contributed by atoms with van der Waals surface area (Å²) >= 11 is 0. The van der Waals surface area contributed by atoms with E-state index in [-0.39, 0.29) is 17.4 Å². The molecule has 0 fully saturated rings. The maximum absolute atomic E-state index is 12.6. The topological polar surface area (TPSA) is 66.4 Å². The molecule has 2 rings (SSSR count). The highest BCUT2D eigenvalue weighted by atomic mass is 16.3. The van der Waals surface area contributed by atoms with Crippen LogP contribution in [0.25, 0.3) is 0 Å². The van der Waals surface area contributed by atoms with E-state index in [0.717, 1.165) is 5.57 Å². The lowest BCUT2D eigenvalue weighted by Gasteiger charge is -2.24. The Bertz CT molecular complexity index is 602. The summed E-state index contributed by atoms with van der Waals surface area (Å²) < 4.78 is 0. The van der Waals surface area contributed by atoms with Gasteiger partial charge in [0.2, 0.25) is 5.91 Å². The van der Waals surface area contributed by atoms with E-state index in [1.165, 1.54) is 6.07 Å². The molecule has 0 spiro atoms. The Morgan fingerprint density at radius 3 is 2.67 bits per heavy atom. The molecule has 1 atom stereocenters. The first kappa shape index (κ1) is 15.3. The average Bonchev–Trinajstić information content (AvgIpc) is 2.53. The summed E-state index contributed by atoms with van der Waals surface area (Å²) in [5.41, 5.74) is 0.837. The molecule has 2 N–H and O–H groups in total. The highest BCUT2D eigenvalue weighted by molar-refractivity contribution is 6.09. The number of amides is 1. The fraction of sp³-hybridized carbons (Fsp3) is 0.412. The van der Waals surface area contributed by atoms with Crippen molar-refractivity contribution in [3.8, 4) is 5.75 Å². The Morgan fingerprint density at radius 1 is 1.33 bits per heavy atom. The van der Waals surface area contributed by atoms with Crippen molar-refractivity contribution in [3.63, 3.8) is 0 Å². The standard InChI is InChI=1S/C17H21NO3/c1-11-8-9-17(2,3)15(20)12(10-11)16(21)18-13-6-4-5-7-14(13)19/h4-8,12,19H,9-10H2,1-3H3,(H,18,21)/t12-/m1/s1. The molecule has 0 heterocycles. The third-order valence-corrected chi connectivity index (χ3v) is 3.95. The summed E-state index contributed by atoms with van der Waals surface area (Å²) in [6.07, 6.45) is 3.12. The van der Waals surface area contributed by atoms with Crippen molar-refractivity contribution in [1.29, 1.82) is 0 Å². The van der Waals surface area contributed by atoms with E-state index in [1.807, 2.05) is 26.8 Å². The van der Waals surface area contributed by atoms with Gasteiger partial charge in [0.05, 0.1) is 5.69 Å². The van der Waals surface area contributed by atoms with Gasteiger partial charge < -0.3 is 10.4 Å². The van der Waals surface area contributed by atoms with Crippen LogP contribution in [-0.2, 0) is 9.59 Å². The lowest BCUT2D eigenvalue weighted by Crippen LogP contribution is -2.37. The van der Waals surface area contributed by atoms with E-state index in [2.05, 4.69) is 5.32 Å². The minimum atomic E-state index is -0.710. The summed E-state index contributed by atoms with van der Waals surface area (Å²) in [6, 6.07) is 6.51. The van der Waals surface area contributed by atoms with Crippen molar-refractivity contribution in [1.82, 2.24) is 0 Å². The van der Waals surface area contributed by atoms with E-state index in [4.69, 9.17) is 0 Å². The van der Waals surface area contributed by atoms with Crippen LogP contribution in [-0.4, -0.2) is 16.8 Å². The number of ketones is 1. The second kappa shape index (κ2) is 5.72. The Balaban J connectivity index is 2.23. The van der Waals surface area contributed by atoms with Crippen LogP contribution in [0, 0.1) is 11.3 Å². The molecule has 1 aliphatic carbocycles. The van der Waals surface area contributed by atoms with E-state index in [1.54, 1.807) is 18.2 Å². The van der Waals surface area contributed by atoms with Crippen molar-refractivity contribution < 1.29 is 14.7 Å². The van der Waals surface area contributed by atoms with Gasteiger partial charge in [0.15, 0.2) is 5.78 Å². The number of Topliss-reactive ketones (excluding diaryl/α,β-unsaturated/α-hetero) is 1. The van der Waals surface area contributed by atoms with Gasteiger partial charge in [-0.15, -0.1) is 0 Å². The average molecular weight is 287 g/mol. The zero-order valence-electron chi connectivity index (χ0n) is 12.6. The van der Waals surface area contributed by atoms with Crippen LogP contribution < -0.4 is 5.32 Å². The Kier molecular flexibility index (Phi) is 4.16. The molecule has 0 unspecified atom stereocenters. The molecule has 4 nitrogen and oxygen atoms in total. The summed E-state index contributed by atoms with van der Waals surface area (Å²) in [6.45, 7) is 5.67. The molecule has 0 aromatic heterocycles. The normalized spacial score (nSPS) is 21.4. The molecule has 0 saturated carbocycles. The van der Waals surface area contributed by atoms with Crippen molar-refractivity contribution in [2.75, 3.05) is 5.32 Å². The second-order valence-electron chi connectivity index (χ2n) is 6.27. The quantitative estimate of drug-likeness (QED) is 0.498. The zero-order valence-corrected chi connectivity index (χ0v) is 12.6. The molecule has 0 radical (unpaired) electrons. The maximum atomic E-state index is 12.6. The van der Waals surface area contributed by atoms with Crippen molar-refractivity contribution >= 4 is 17.4 Å². The Hall–Kier alpha value is -2.10. The smallest absolute Gasteiger partial charge is 0.235 e. The van der Waals surface area contributed by atoms with Crippen LogP contribution in [0.5, 0.6) is 5.75 Å². The van der Waals surface area contributed by atoms with Crippen LogP contribution >= 0.6 is 0 Å². The number of benzene rings is 1. The van der Waals surface area contributed by atoms with E-state index >= 15 is 0 Å². The van der Waals surface area contributed by atoms with Crippen molar-refractivity contribution in [2.24, 2.45) is 11.3 Å². The molecular formula is C17H21NO3. The van der Waals surface area contributed by atoms with E-state index in [9.17, 15) is 14.7 Å². The zero-order chi connectivity index (χ0) is 15.6. The molecule has 1 aromatic carbocycles. The van der Waals surface area contributed by atoms with Gasteiger partial charge in [-0.25, -0.2) is 0 Å². The first-order chi connectivity index (χ1) is 9.81.